The van der Waals surface area contributed by atoms with Crippen LogP contribution < -0.4 is 5.32 Å². The van der Waals surface area contributed by atoms with Crippen molar-refractivity contribution in [3.8, 4) is 0 Å². The number of sulfonamides is 1. The number of carbonyl (C=O) groups is 1. The third kappa shape index (κ3) is 4.66. The lowest BCUT2D eigenvalue weighted by molar-refractivity contribution is 0.0935. The lowest BCUT2D eigenvalue weighted by Gasteiger charge is -2.22. The van der Waals surface area contributed by atoms with Crippen LogP contribution >= 0.6 is 11.6 Å². The minimum absolute atomic E-state index is 0.116. The molecule has 7 heteroatoms. The van der Waals surface area contributed by atoms with E-state index in [1.54, 1.807) is 0 Å². The van der Waals surface area contributed by atoms with Gasteiger partial charge in [0, 0.05) is 13.1 Å². The van der Waals surface area contributed by atoms with Crippen molar-refractivity contribution in [2.24, 2.45) is 0 Å². The van der Waals surface area contributed by atoms with E-state index in [9.17, 15) is 13.2 Å². The predicted molar refractivity (Wildman–Crippen MR) is 123 cm³/mol. The number of hydrogen-bond donors (Lipinski definition) is 1. The molecule has 1 aliphatic heterocycles. The number of nitrogens with zero attached hydrogens (tertiary/aromatic N) is 1. The standard InChI is InChI=1S/C24H29ClN2O3S/c1-2-23(19-10-9-17-7-3-4-8-18(17)15-19)26-24(28)21-16-20(11-12-22(21)25)31(29,30)27-13-5-6-14-27/h9-12,15-16,23H,2-8,13-14H2,1H3,(H,26,28)/t23-/m0/s1. The number of hydrogen-bond acceptors (Lipinski definition) is 3. The zero-order chi connectivity index (χ0) is 22.0. The first-order chi connectivity index (χ1) is 14.9. The SMILES string of the molecule is CC[C@H](NC(=O)c1cc(S(=O)(=O)N2CCCC2)ccc1Cl)c1ccc2c(c1)CCCC2. The lowest BCUT2D eigenvalue weighted by Crippen LogP contribution is -2.30. The van der Waals surface area contributed by atoms with Crippen LogP contribution in [-0.4, -0.2) is 31.7 Å². The smallest absolute Gasteiger partial charge is 0.253 e. The Kier molecular flexibility index (Phi) is 6.70. The summed E-state index contributed by atoms with van der Waals surface area (Å²) in [4.78, 5) is 13.2. The molecule has 5 nitrogen and oxygen atoms in total. The molecule has 1 heterocycles. The second kappa shape index (κ2) is 9.31. The molecule has 2 aromatic carbocycles. The first-order valence-corrected chi connectivity index (χ1v) is 12.9. The number of amides is 1. The quantitative estimate of drug-likeness (QED) is 0.667. The van der Waals surface area contributed by atoms with E-state index >= 15 is 0 Å². The van der Waals surface area contributed by atoms with Crippen LogP contribution in [0, 0.1) is 0 Å². The summed E-state index contributed by atoms with van der Waals surface area (Å²) >= 11 is 6.30. The van der Waals surface area contributed by atoms with E-state index in [-0.39, 0.29) is 27.4 Å². The molecule has 1 fully saturated rings. The summed E-state index contributed by atoms with van der Waals surface area (Å²) in [5, 5.41) is 3.31. The number of halogens is 1. The van der Waals surface area contributed by atoms with Gasteiger partial charge in [0.25, 0.3) is 5.91 Å². The highest BCUT2D eigenvalue weighted by Crippen LogP contribution is 2.28. The molecule has 2 aromatic rings. The molecule has 1 aliphatic carbocycles. The normalized spacial score (nSPS) is 17.9. The predicted octanol–water partition coefficient (Wildman–Crippen LogP) is 4.88. The fourth-order valence-electron chi connectivity index (χ4n) is 4.54. The Balaban J connectivity index is 1.57. The van der Waals surface area contributed by atoms with E-state index in [1.165, 1.54) is 46.5 Å². The van der Waals surface area contributed by atoms with Gasteiger partial charge in [-0.2, -0.15) is 4.31 Å². The maximum Gasteiger partial charge on any atom is 0.253 e. The van der Waals surface area contributed by atoms with Crippen molar-refractivity contribution in [2.75, 3.05) is 13.1 Å². The number of fused-ring (bicyclic) bond motifs is 1. The van der Waals surface area contributed by atoms with E-state index in [0.717, 1.165) is 37.7 Å². The molecule has 0 radical (unpaired) electrons. The number of benzene rings is 2. The van der Waals surface area contributed by atoms with Crippen LogP contribution in [-0.2, 0) is 22.9 Å². The van der Waals surface area contributed by atoms with Gasteiger partial charge in [-0.3, -0.25) is 4.79 Å². The molecule has 166 valence electrons. The molecular weight excluding hydrogens is 432 g/mol. The lowest BCUT2D eigenvalue weighted by atomic mass is 9.88. The van der Waals surface area contributed by atoms with Gasteiger partial charge >= 0.3 is 0 Å². The average molecular weight is 461 g/mol. The summed E-state index contributed by atoms with van der Waals surface area (Å²) < 4.78 is 27.3. The van der Waals surface area contributed by atoms with Crippen LogP contribution in [0.2, 0.25) is 5.02 Å². The van der Waals surface area contributed by atoms with Crippen LogP contribution in [0.4, 0.5) is 0 Å². The van der Waals surface area contributed by atoms with Gasteiger partial charge in [0.15, 0.2) is 0 Å². The van der Waals surface area contributed by atoms with Gasteiger partial charge in [-0.25, -0.2) is 8.42 Å². The number of nitrogens with one attached hydrogen (secondary N) is 1. The molecule has 31 heavy (non-hydrogen) atoms. The first kappa shape index (κ1) is 22.3. The van der Waals surface area contributed by atoms with Crippen molar-refractivity contribution in [2.45, 2.75) is 62.8 Å². The summed E-state index contributed by atoms with van der Waals surface area (Å²) in [6.07, 6.45) is 7.08. The van der Waals surface area contributed by atoms with Crippen LogP contribution in [0.5, 0.6) is 0 Å². The molecule has 0 spiro atoms. The van der Waals surface area contributed by atoms with Crippen LogP contribution in [0.25, 0.3) is 0 Å². The van der Waals surface area contributed by atoms with Crippen molar-refractivity contribution in [3.05, 3.63) is 63.7 Å². The molecule has 1 atom stereocenters. The topological polar surface area (TPSA) is 66.5 Å². The second-order valence-corrected chi connectivity index (χ2v) is 10.8. The Labute approximate surface area is 189 Å². The minimum atomic E-state index is -3.61. The van der Waals surface area contributed by atoms with Crippen molar-refractivity contribution in [3.63, 3.8) is 0 Å². The number of carbonyl (C=O) groups excluding carboxylic acids is 1. The summed E-state index contributed by atoms with van der Waals surface area (Å²) in [7, 11) is -3.61. The third-order valence-electron chi connectivity index (χ3n) is 6.37. The van der Waals surface area contributed by atoms with E-state index < -0.39 is 10.0 Å². The van der Waals surface area contributed by atoms with Gasteiger partial charge in [0.05, 0.1) is 21.5 Å². The fourth-order valence-corrected chi connectivity index (χ4v) is 6.29. The van der Waals surface area contributed by atoms with Crippen LogP contribution in [0.1, 0.15) is 72.1 Å². The Morgan fingerprint density at radius 3 is 2.45 bits per heavy atom. The Morgan fingerprint density at radius 1 is 1.03 bits per heavy atom. The first-order valence-electron chi connectivity index (χ1n) is 11.1. The number of aryl methyl sites for hydroxylation is 2. The highest BCUT2D eigenvalue weighted by atomic mass is 35.5. The summed E-state index contributed by atoms with van der Waals surface area (Å²) in [5.41, 5.74) is 4.04. The molecule has 1 amide bonds. The third-order valence-corrected chi connectivity index (χ3v) is 8.60. The molecule has 0 bridgehead atoms. The van der Waals surface area contributed by atoms with Gasteiger partial charge in [-0.15, -0.1) is 0 Å². The Morgan fingerprint density at radius 2 is 1.74 bits per heavy atom. The summed E-state index contributed by atoms with van der Waals surface area (Å²) in [5.74, 6) is -0.354. The molecule has 0 unspecified atom stereocenters. The minimum Gasteiger partial charge on any atom is -0.345 e. The molecule has 0 saturated carbocycles. The number of rotatable bonds is 6. The largest absolute Gasteiger partial charge is 0.345 e. The van der Waals surface area contributed by atoms with Gasteiger partial charge in [0.2, 0.25) is 10.0 Å². The van der Waals surface area contributed by atoms with Crippen molar-refractivity contribution >= 4 is 27.5 Å². The van der Waals surface area contributed by atoms with Gasteiger partial charge in [-0.05, 0) is 79.8 Å². The highest BCUT2D eigenvalue weighted by molar-refractivity contribution is 7.89. The zero-order valence-corrected chi connectivity index (χ0v) is 19.4. The van der Waals surface area contributed by atoms with E-state index in [0.29, 0.717) is 13.1 Å². The molecule has 2 aliphatic rings. The molecule has 4 rings (SSSR count). The van der Waals surface area contributed by atoms with Gasteiger partial charge in [-0.1, -0.05) is 36.7 Å². The van der Waals surface area contributed by atoms with Crippen molar-refractivity contribution in [1.82, 2.24) is 9.62 Å². The maximum absolute atomic E-state index is 13.1. The van der Waals surface area contributed by atoms with E-state index in [2.05, 4.69) is 23.5 Å². The highest BCUT2D eigenvalue weighted by Gasteiger charge is 2.28. The fraction of sp³-hybridized carbons (Fsp3) is 0.458. The Hall–Kier alpha value is -1.89. The van der Waals surface area contributed by atoms with Gasteiger partial charge < -0.3 is 5.32 Å². The summed E-state index contributed by atoms with van der Waals surface area (Å²) in [6, 6.07) is 10.7. The molecular formula is C24H29ClN2O3S. The maximum atomic E-state index is 13.1. The molecule has 0 aromatic heterocycles. The average Bonchev–Trinajstić information content (AvgIpc) is 3.33. The van der Waals surface area contributed by atoms with E-state index in [4.69, 9.17) is 11.6 Å². The summed E-state index contributed by atoms with van der Waals surface area (Å²) in [6.45, 7) is 3.06. The molecule has 1 saturated heterocycles. The van der Waals surface area contributed by atoms with Crippen molar-refractivity contribution < 1.29 is 13.2 Å². The zero-order valence-electron chi connectivity index (χ0n) is 17.9. The molecule has 1 N–H and O–H groups in total. The van der Waals surface area contributed by atoms with Crippen molar-refractivity contribution in [1.29, 1.82) is 0 Å². The van der Waals surface area contributed by atoms with E-state index in [1.807, 2.05) is 6.92 Å². The van der Waals surface area contributed by atoms with Crippen LogP contribution in [0.15, 0.2) is 41.3 Å². The second-order valence-electron chi connectivity index (χ2n) is 8.42. The monoisotopic (exact) mass is 460 g/mol. The Bertz CT molecular complexity index is 1080. The van der Waals surface area contributed by atoms with Gasteiger partial charge in [0.1, 0.15) is 0 Å². The van der Waals surface area contributed by atoms with Crippen LogP contribution in [0.3, 0.4) is 0 Å².